The zero-order valence-corrected chi connectivity index (χ0v) is 17.5. The average molecular weight is 429 g/mol. The number of ether oxygens (including phenoxy) is 1. The lowest BCUT2D eigenvalue weighted by Gasteiger charge is -2.30. The summed E-state index contributed by atoms with van der Waals surface area (Å²) in [7, 11) is 0. The van der Waals surface area contributed by atoms with E-state index in [0.717, 1.165) is 36.8 Å². The van der Waals surface area contributed by atoms with Crippen LogP contribution in [0.3, 0.4) is 0 Å². The number of anilines is 2. The average Bonchev–Trinajstić information content (AvgIpc) is 3.18. The van der Waals surface area contributed by atoms with Crippen molar-refractivity contribution in [3.05, 3.63) is 58.7 Å². The van der Waals surface area contributed by atoms with E-state index in [1.807, 2.05) is 29.2 Å². The number of halogens is 1. The molecule has 1 N–H and O–H groups in total. The number of nitrogens with one attached hydrogen (secondary N) is 1. The van der Waals surface area contributed by atoms with Crippen LogP contribution in [0.2, 0.25) is 5.02 Å². The molecule has 1 fully saturated rings. The number of nitrogens with zero attached hydrogens (tertiary/aromatic N) is 3. The Morgan fingerprint density at radius 2 is 2.07 bits per heavy atom. The molecule has 150 valence electrons. The molecule has 2 aromatic heterocycles. The quantitative estimate of drug-likeness (QED) is 0.585. The zero-order chi connectivity index (χ0) is 20.2. The third-order valence-corrected chi connectivity index (χ3v) is 6.00. The van der Waals surface area contributed by atoms with Crippen molar-refractivity contribution >= 4 is 39.8 Å². The summed E-state index contributed by atoms with van der Waals surface area (Å²) in [4.78, 5) is 22.5. The van der Waals surface area contributed by atoms with Crippen LogP contribution in [0, 0.1) is 0 Å². The van der Waals surface area contributed by atoms with E-state index in [2.05, 4.69) is 15.7 Å². The van der Waals surface area contributed by atoms with E-state index >= 15 is 0 Å². The first-order valence-electron chi connectivity index (χ1n) is 9.45. The first-order valence-corrected chi connectivity index (χ1v) is 10.7. The van der Waals surface area contributed by atoms with Crippen molar-refractivity contribution in [1.82, 2.24) is 14.9 Å². The molecule has 4 rings (SSSR count). The van der Waals surface area contributed by atoms with Crippen LogP contribution in [0.15, 0.2) is 48.0 Å². The highest BCUT2D eigenvalue weighted by molar-refractivity contribution is 7.13. The maximum atomic E-state index is 11.5. The molecule has 0 saturated carbocycles. The van der Waals surface area contributed by atoms with Crippen molar-refractivity contribution in [1.29, 1.82) is 0 Å². The minimum absolute atomic E-state index is 0.147. The van der Waals surface area contributed by atoms with E-state index in [1.165, 1.54) is 0 Å². The van der Waals surface area contributed by atoms with Crippen molar-refractivity contribution < 1.29 is 9.53 Å². The molecule has 0 atom stereocenters. The van der Waals surface area contributed by atoms with E-state index in [9.17, 15) is 4.79 Å². The van der Waals surface area contributed by atoms with Gasteiger partial charge in [-0.15, -0.1) is 11.3 Å². The van der Waals surface area contributed by atoms with Gasteiger partial charge < -0.3 is 15.0 Å². The van der Waals surface area contributed by atoms with E-state index in [1.54, 1.807) is 36.6 Å². The van der Waals surface area contributed by atoms with Crippen LogP contribution in [0.25, 0.3) is 0 Å². The number of benzene rings is 1. The summed E-state index contributed by atoms with van der Waals surface area (Å²) < 4.78 is 5.86. The fourth-order valence-electron chi connectivity index (χ4n) is 3.33. The number of carbonyl (C=O) groups is 1. The standard InChI is InChI=1S/C21H21ClN4O2S/c1-14(27)26-10-7-15(8-11-26)18-13-29-21(24-18)25-20-12-16(6-9-23-20)28-19-5-3-2-4-17(19)22/h2-6,9,12-13,15H,7-8,10-11H2,1H3,(H,23,24,25). The lowest BCUT2D eigenvalue weighted by atomic mass is 9.94. The van der Waals surface area contributed by atoms with Crippen LogP contribution in [0.5, 0.6) is 11.5 Å². The highest BCUT2D eigenvalue weighted by Crippen LogP contribution is 2.33. The Kier molecular flexibility index (Phi) is 5.97. The minimum atomic E-state index is 0.147. The van der Waals surface area contributed by atoms with Gasteiger partial charge in [0.25, 0.3) is 0 Å². The third kappa shape index (κ3) is 4.86. The van der Waals surface area contributed by atoms with Gasteiger partial charge in [-0.25, -0.2) is 9.97 Å². The summed E-state index contributed by atoms with van der Waals surface area (Å²) in [6.07, 6.45) is 3.57. The molecule has 1 aliphatic rings. The summed E-state index contributed by atoms with van der Waals surface area (Å²) in [5.74, 6) is 2.43. The number of likely N-dealkylation sites (tertiary alicyclic amines) is 1. The predicted molar refractivity (Wildman–Crippen MR) is 115 cm³/mol. The Bertz CT molecular complexity index is 1000. The van der Waals surface area contributed by atoms with Gasteiger partial charge in [0.05, 0.1) is 10.7 Å². The molecule has 6 nitrogen and oxygen atoms in total. The van der Waals surface area contributed by atoms with Crippen LogP contribution in [-0.2, 0) is 4.79 Å². The second kappa shape index (κ2) is 8.80. The first-order chi connectivity index (χ1) is 14.1. The van der Waals surface area contributed by atoms with Crippen LogP contribution >= 0.6 is 22.9 Å². The number of para-hydroxylation sites is 1. The number of piperidine rings is 1. The largest absolute Gasteiger partial charge is 0.456 e. The Labute approximate surface area is 178 Å². The van der Waals surface area contributed by atoms with Gasteiger partial charge >= 0.3 is 0 Å². The van der Waals surface area contributed by atoms with Gasteiger partial charge in [0.2, 0.25) is 5.91 Å². The zero-order valence-electron chi connectivity index (χ0n) is 16.0. The molecule has 0 radical (unpaired) electrons. The Balaban J connectivity index is 1.40. The Morgan fingerprint density at radius 3 is 2.83 bits per heavy atom. The van der Waals surface area contributed by atoms with Gasteiger partial charge in [0.15, 0.2) is 5.13 Å². The molecule has 0 aliphatic carbocycles. The fourth-order valence-corrected chi connectivity index (χ4v) is 4.30. The number of hydrogen-bond donors (Lipinski definition) is 1. The van der Waals surface area contributed by atoms with Crippen LogP contribution < -0.4 is 10.1 Å². The number of carbonyl (C=O) groups excluding carboxylic acids is 1. The number of hydrogen-bond acceptors (Lipinski definition) is 6. The maximum absolute atomic E-state index is 11.5. The molecule has 0 spiro atoms. The van der Waals surface area contributed by atoms with E-state index in [0.29, 0.717) is 28.3 Å². The number of pyridine rings is 1. The van der Waals surface area contributed by atoms with Crippen molar-refractivity contribution in [2.45, 2.75) is 25.7 Å². The topological polar surface area (TPSA) is 67.4 Å². The second-order valence-electron chi connectivity index (χ2n) is 6.89. The molecule has 0 unspecified atom stereocenters. The monoisotopic (exact) mass is 428 g/mol. The molecule has 8 heteroatoms. The summed E-state index contributed by atoms with van der Waals surface area (Å²) in [5.41, 5.74) is 1.07. The number of aromatic nitrogens is 2. The van der Waals surface area contributed by atoms with E-state index in [4.69, 9.17) is 21.3 Å². The fraction of sp³-hybridized carbons (Fsp3) is 0.286. The summed E-state index contributed by atoms with van der Waals surface area (Å²) >= 11 is 7.71. The van der Waals surface area contributed by atoms with Crippen molar-refractivity contribution in [2.75, 3.05) is 18.4 Å². The molecule has 1 amide bonds. The lowest BCUT2D eigenvalue weighted by Crippen LogP contribution is -2.36. The minimum Gasteiger partial charge on any atom is -0.456 e. The van der Waals surface area contributed by atoms with E-state index in [-0.39, 0.29) is 5.91 Å². The van der Waals surface area contributed by atoms with Gasteiger partial charge in [-0.2, -0.15) is 0 Å². The van der Waals surface area contributed by atoms with Gasteiger partial charge in [0, 0.05) is 43.6 Å². The summed E-state index contributed by atoms with van der Waals surface area (Å²) in [6, 6.07) is 10.9. The molecule has 3 aromatic rings. The smallest absolute Gasteiger partial charge is 0.219 e. The number of rotatable bonds is 5. The van der Waals surface area contributed by atoms with Crippen molar-refractivity contribution in [2.24, 2.45) is 0 Å². The molecule has 1 aliphatic heterocycles. The van der Waals surface area contributed by atoms with Gasteiger partial charge in [-0.1, -0.05) is 23.7 Å². The molecule has 1 saturated heterocycles. The predicted octanol–water partition coefficient (Wildman–Crippen LogP) is 5.45. The Hall–Kier alpha value is -2.64. The van der Waals surface area contributed by atoms with Crippen molar-refractivity contribution in [3.63, 3.8) is 0 Å². The molecular weight excluding hydrogens is 408 g/mol. The highest BCUT2D eigenvalue weighted by atomic mass is 35.5. The Morgan fingerprint density at radius 1 is 1.28 bits per heavy atom. The van der Waals surface area contributed by atoms with Gasteiger partial charge in [-0.3, -0.25) is 4.79 Å². The first kappa shape index (κ1) is 19.7. The van der Waals surface area contributed by atoms with Gasteiger partial charge in [0.1, 0.15) is 17.3 Å². The third-order valence-electron chi connectivity index (χ3n) is 4.91. The molecule has 1 aromatic carbocycles. The summed E-state index contributed by atoms with van der Waals surface area (Å²) in [6.45, 7) is 3.22. The summed E-state index contributed by atoms with van der Waals surface area (Å²) in [5, 5.41) is 6.68. The molecule has 29 heavy (non-hydrogen) atoms. The number of amides is 1. The maximum Gasteiger partial charge on any atom is 0.219 e. The molecule has 3 heterocycles. The normalized spacial score (nSPS) is 14.6. The van der Waals surface area contributed by atoms with Gasteiger partial charge in [-0.05, 0) is 31.0 Å². The van der Waals surface area contributed by atoms with E-state index < -0.39 is 0 Å². The lowest BCUT2D eigenvalue weighted by molar-refractivity contribution is -0.129. The molecule has 0 bridgehead atoms. The van der Waals surface area contributed by atoms with Crippen LogP contribution in [0.1, 0.15) is 31.4 Å². The van der Waals surface area contributed by atoms with Crippen LogP contribution in [0.4, 0.5) is 10.9 Å². The van der Waals surface area contributed by atoms with Crippen LogP contribution in [-0.4, -0.2) is 33.9 Å². The second-order valence-corrected chi connectivity index (χ2v) is 8.16. The highest BCUT2D eigenvalue weighted by Gasteiger charge is 2.23. The molecular formula is C21H21ClN4O2S. The van der Waals surface area contributed by atoms with Crippen molar-refractivity contribution in [3.8, 4) is 11.5 Å². The number of thiazole rings is 1. The SMILES string of the molecule is CC(=O)N1CCC(c2csc(Nc3cc(Oc4ccccc4Cl)ccn3)n2)CC1.